The summed E-state index contributed by atoms with van der Waals surface area (Å²) in [7, 11) is 1.36. The summed E-state index contributed by atoms with van der Waals surface area (Å²) >= 11 is 2.88. The average Bonchev–Trinajstić information content (AvgIpc) is 3.31. The molecule has 156 valence electrons. The number of nitrogens with zero attached hydrogens (tertiary/aromatic N) is 3. The predicted octanol–water partition coefficient (Wildman–Crippen LogP) is 5.17. The van der Waals surface area contributed by atoms with Crippen LogP contribution in [0.5, 0.6) is 0 Å². The SMILES string of the molecule is COC(=O)c1ccc(/C=C2\S/C(=N/c3nc(C)cs3)N(C3CCCCC3)C2=O)cc1. The Labute approximate surface area is 184 Å². The summed E-state index contributed by atoms with van der Waals surface area (Å²) in [6, 6.07) is 7.23. The van der Waals surface area contributed by atoms with Gasteiger partial charge in [-0.15, -0.1) is 11.3 Å². The molecule has 1 aliphatic carbocycles. The van der Waals surface area contributed by atoms with Gasteiger partial charge in [0.25, 0.3) is 5.91 Å². The maximum Gasteiger partial charge on any atom is 0.337 e. The summed E-state index contributed by atoms with van der Waals surface area (Å²) < 4.78 is 4.74. The molecule has 0 atom stereocenters. The zero-order valence-corrected chi connectivity index (χ0v) is 18.6. The lowest BCUT2D eigenvalue weighted by Crippen LogP contribution is -2.40. The first-order chi connectivity index (χ1) is 14.5. The molecule has 2 aliphatic rings. The fourth-order valence-corrected chi connectivity index (χ4v) is 5.45. The molecule has 4 rings (SSSR count). The number of methoxy groups -OCH3 is 1. The Morgan fingerprint density at radius 1 is 1.23 bits per heavy atom. The van der Waals surface area contributed by atoms with Crippen molar-refractivity contribution >= 4 is 51.4 Å². The molecule has 1 aromatic carbocycles. The van der Waals surface area contributed by atoms with Gasteiger partial charge in [-0.05, 0) is 55.3 Å². The Balaban J connectivity index is 1.64. The second-order valence-corrected chi connectivity index (χ2v) is 9.20. The van der Waals surface area contributed by atoms with Gasteiger partial charge in [0.15, 0.2) is 5.17 Å². The summed E-state index contributed by atoms with van der Waals surface area (Å²) in [5, 5.41) is 3.34. The van der Waals surface area contributed by atoms with Gasteiger partial charge in [0.05, 0.1) is 23.3 Å². The van der Waals surface area contributed by atoms with Crippen LogP contribution in [0.25, 0.3) is 6.08 Å². The van der Waals surface area contributed by atoms with Crippen molar-refractivity contribution in [1.29, 1.82) is 0 Å². The highest BCUT2D eigenvalue weighted by molar-refractivity contribution is 8.18. The fourth-order valence-electron chi connectivity index (χ4n) is 3.69. The van der Waals surface area contributed by atoms with E-state index in [1.807, 2.05) is 35.4 Å². The molecule has 0 spiro atoms. The number of esters is 1. The number of hydrogen-bond donors (Lipinski definition) is 0. The van der Waals surface area contributed by atoms with E-state index in [1.165, 1.54) is 36.6 Å². The van der Waals surface area contributed by atoms with E-state index < -0.39 is 0 Å². The molecule has 0 N–H and O–H groups in total. The fraction of sp³-hybridized carbons (Fsp3) is 0.364. The monoisotopic (exact) mass is 441 g/mol. The van der Waals surface area contributed by atoms with Crippen molar-refractivity contribution in [2.24, 2.45) is 4.99 Å². The van der Waals surface area contributed by atoms with Gasteiger partial charge in [-0.2, -0.15) is 4.99 Å². The number of aryl methyl sites for hydroxylation is 1. The number of carbonyl (C=O) groups excluding carboxylic acids is 2. The summed E-state index contributed by atoms with van der Waals surface area (Å²) in [4.78, 5) is 36.6. The van der Waals surface area contributed by atoms with Crippen LogP contribution in [-0.2, 0) is 9.53 Å². The van der Waals surface area contributed by atoms with E-state index in [0.717, 1.165) is 36.9 Å². The van der Waals surface area contributed by atoms with E-state index in [1.54, 1.807) is 12.1 Å². The lowest BCUT2D eigenvalue weighted by Gasteiger charge is -2.30. The Morgan fingerprint density at radius 2 is 1.97 bits per heavy atom. The smallest absolute Gasteiger partial charge is 0.337 e. The molecule has 30 heavy (non-hydrogen) atoms. The zero-order chi connectivity index (χ0) is 21.1. The minimum absolute atomic E-state index is 0.00373. The Morgan fingerprint density at radius 3 is 2.60 bits per heavy atom. The van der Waals surface area contributed by atoms with E-state index >= 15 is 0 Å². The highest BCUT2D eigenvalue weighted by atomic mass is 32.2. The third-order valence-electron chi connectivity index (χ3n) is 5.20. The van der Waals surface area contributed by atoms with E-state index in [4.69, 9.17) is 9.73 Å². The maximum absolute atomic E-state index is 13.3. The number of rotatable bonds is 4. The lowest BCUT2D eigenvalue weighted by atomic mass is 9.94. The summed E-state index contributed by atoms with van der Waals surface area (Å²) in [5.41, 5.74) is 2.27. The van der Waals surface area contributed by atoms with Gasteiger partial charge >= 0.3 is 5.97 Å². The molecular formula is C22H23N3O3S2. The third-order valence-corrected chi connectivity index (χ3v) is 7.04. The predicted molar refractivity (Wildman–Crippen MR) is 121 cm³/mol. The van der Waals surface area contributed by atoms with Crippen LogP contribution in [0.1, 0.15) is 53.7 Å². The highest BCUT2D eigenvalue weighted by Gasteiger charge is 2.38. The van der Waals surface area contributed by atoms with E-state index in [9.17, 15) is 9.59 Å². The van der Waals surface area contributed by atoms with Gasteiger partial charge in [0.2, 0.25) is 5.13 Å². The number of ether oxygens (including phenoxy) is 1. The van der Waals surface area contributed by atoms with E-state index in [0.29, 0.717) is 20.8 Å². The van der Waals surface area contributed by atoms with Gasteiger partial charge in [-0.1, -0.05) is 31.4 Å². The van der Waals surface area contributed by atoms with Crippen LogP contribution >= 0.6 is 23.1 Å². The van der Waals surface area contributed by atoms with Crippen molar-refractivity contribution in [2.45, 2.75) is 45.1 Å². The second-order valence-electron chi connectivity index (χ2n) is 7.36. The van der Waals surface area contributed by atoms with Gasteiger partial charge in [0.1, 0.15) is 0 Å². The van der Waals surface area contributed by atoms with Crippen LogP contribution in [-0.4, -0.2) is 40.1 Å². The number of hydrogen-bond acceptors (Lipinski definition) is 7. The zero-order valence-electron chi connectivity index (χ0n) is 17.0. The van der Waals surface area contributed by atoms with Crippen molar-refractivity contribution in [1.82, 2.24) is 9.88 Å². The van der Waals surface area contributed by atoms with Crippen LogP contribution in [0.15, 0.2) is 39.5 Å². The van der Waals surface area contributed by atoms with Crippen molar-refractivity contribution in [3.8, 4) is 0 Å². The van der Waals surface area contributed by atoms with Crippen molar-refractivity contribution in [3.05, 3.63) is 51.4 Å². The quantitative estimate of drug-likeness (QED) is 0.483. The molecule has 1 amide bonds. The first kappa shape index (κ1) is 20.8. The number of aromatic nitrogens is 1. The number of amides is 1. The molecule has 2 heterocycles. The maximum atomic E-state index is 13.3. The molecule has 1 aromatic heterocycles. The van der Waals surface area contributed by atoms with Crippen molar-refractivity contribution in [3.63, 3.8) is 0 Å². The minimum atomic E-state index is -0.378. The van der Waals surface area contributed by atoms with Crippen LogP contribution < -0.4 is 0 Å². The highest BCUT2D eigenvalue weighted by Crippen LogP contribution is 2.38. The molecule has 8 heteroatoms. The Kier molecular flexibility index (Phi) is 6.34. The second kappa shape index (κ2) is 9.14. The molecule has 0 radical (unpaired) electrons. The summed E-state index contributed by atoms with van der Waals surface area (Å²) in [6.45, 7) is 1.94. The average molecular weight is 442 g/mol. The van der Waals surface area contributed by atoms with Gasteiger partial charge in [-0.25, -0.2) is 9.78 Å². The summed E-state index contributed by atoms with van der Waals surface area (Å²) in [6.07, 6.45) is 7.36. The number of aliphatic imine (C=N–C) groups is 1. The third kappa shape index (κ3) is 4.49. The molecule has 0 unspecified atom stereocenters. The van der Waals surface area contributed by atoms with Crippen LogP contribution in [0.4, 0.5) is 5.13 Å². The molecule has 1 saturated carbocycles. The molecule has 6 nitrogen and oxygen atoms in total. The van der Waals surface area contributed by atoms with Gasteiger partial charge in [-0.3, -0.25) is 9.69 Å². The Hall–Kier alpha value is -2.45. The number of thiazole rings is 1. The Bertz CT molecular complexity index is 1000. The molecule has 2 aromatic rings. The number of amidine groups is 1. The standard InChI is InChI=1S/C22H23N3O3S2/c1-14-13-29-21(23-14)24-22-25(17-6-4-3-5-7-17)19(26)18(30-22)12-15-8-10-16(11-9-15)20(27)28-2/h8-13,17H,3-7H2,1-2H3/b18-12-,24-22+. The molecule has 0 bridgehead atoms. The van der Waals surface area contributed by atoms with Crippen molar-refractivity contribution in [2.75, 3.05) is 7.11 Å². The van der Waals surface area contributed by atoms with Crippen LogP contribution in [0, 0.1) is 6.92 Å². The van der Waals surface area contributed by atoms with E-state index in [2.05, 4.69) is 4.98 Å². The normalized spacial score (nSPS) is 20.3. The number of carbonyl (C=O) groups is 2. The van der Waals surface area contributed by atoms with Crippen molar-refractivity contribution < 1.29 is 14.3 Å². The first-order valence-corrected chi connectivity index (χ1v) is 11.7. The minimum Gasteiger partial charge on any atom is -0.465 e. The van der Waals surface area contributed by atoms with E-state index in [-0.39, 0.29) is 17.9 Å². The first-order valence-electron chi connectivity index (χ1n) is 9.97. The topological polar surface area (TPSA) is 71.9 Å². The summed E-state index contributed by atoms with van der Waals surface area (Å²) in [5.74, 6) is -0.381. The van der Waals surface area contributed by atoms with Crippen LogP contribution in [0.2, 0.25) is 0 Å². The number of benzene rings is 1. The van der Waals surface area contributed by atoms with Crippen LogP contribution in [0.3, 0.4) is 0 Å². The lowest BCUT2D eigenvalue weighted by molar-refractivity contribution is -0.124. The largest absolute Gasteiger partial charge is 0.465 e. The molecular weight excluding hydrogens is 418 g/mol. The van der Waals surface area contributed by atoms with Gasteiger partial charge in [0, 0.05) is 11.4 Å². The number of thioether (sulfide) groups is 1. The van der Waals surface area contributed by atoms with Gasteiger partial charge < -0.3 is 4.74 Å². The molecule has 2 fully saturated rings. The molecule has 1 aliphatic heterocycles. The molecule has 1 saturated heterocycles.